The molecule has 1 aromatic rings. The smallest absolute Gasteiger partial charge is 0.350 e. The number of amides is 1. The van der Waals surface area contributed by atoms with E-state index >= 15 is 0 Å². The molecule has 0 fully saturated rings. The summed E-state index contributed by atoms with van der Waals surface area (Å²) in [6.45, 7) is 5.47. The van der Waals surface area contributed by atoms with E-state index in [2.05, 4.69) is 26.2 Å². The number of alkyl halides is 1. The van der Waals surface area contributed by atoms with E-state index in [1.54, 1.807) is 20.8 Å². The van der Waals surface area contributed by atoms with Crippen LogP contribution in [0.5, 0.6) is 0 Å². The van der Waals surface area contributed by atoms with Crippen LogP contribution < -0.4 is 5.32 Å². The van der Waals surface area contributed by atoms with Crippen LogP contribution in [-0.4, -0.2) is 28.3 Å². The number of aromatic nitrogens is 1. The second kappa shape index (κ2) is 6.11. The molecule has 1 atom stereocenters. The molecule has 0 aliphatic rings. The van der Waals surface area contributed by atoms with Gasteiger partial charge < -0.3 is 10.1 Å². The number of hydrogen-bond donors (Lipinski definition) is 1. The van der Waals surface area contributed by atoms with Gasteiger partial charge in [-0.2, -0.15) is 0 Å². The van der Waals surface area contributed by atoms with E-state index in [1.165, 1.54) is 0 Å². The maximum atomic E-state index is 11.5. The minimum atomic E-state index is -0.408. The minimum absolute atomic E-state index is 0.200. The van der Waals surface area contributed by atoms with Gasteiger partial charge in [-0.1, -0.05) is 27.3 Å². The molecule has 1 aromatic heterocycles. The standard InChI is InChI=1S/C10H13BrN2O3S/c1-4-16-9(15)7-6(3)12-10(17-7)13-8(14)5(2)11/h5H,4H2,1-3H3,(H,12,13,14)/t5-/m0/s1. The number of rotatable bonds is 4. The first-order valence-corrected chi connectivity index (χ1v) is 6.78. The summed E-state index contributed by atoms with van der Waals surface area (Å²) in [6, 6.07) is 0. The van der Waals surface area contributed by atoms with Crippen molar-refractivity contribution in [2.45, 2.75) is 25.6 Å². The molecular formula is C10H13BrN2O3S. The van der Waals surface area contributed by atoms with Crippen molar-refractivity contribution in [2.24, 2.45) is 0 Å². The van der Waals surface area contributed by atoms with E-state index < -0.39 is 5.97 Å². The lowest BCUT2D eigenvalue weighted by atomic mass is 10.4. The molecule has 1 rings (SSSR count). The Hall–Kier alpha value is -0.950. The molecular weight excluding hydrogens is 308 g/mol. The third kappa shape index (κ3) is 3.78. The van der Waals surface area contributed by atoms with Crippen molar-refractivity contribution in [1.29, 1.82) is 0 Å². The first kappa shape index (κ1) is 14.1. The van der Waals surface area contributed by atoms with Crippen LogP contribution in [0, 0.1) is 6.92 Å². The summed E-state index contributed by atoms with van der Waals surface area (Å²) in [5, 5.41) is 3.02. The molecule has 0 unspecified atom stereocenters. The Balaban J connectivity index is 2.81. The van der Waals surface area contributed by atoms with Crippen molar-refractivity contribution in [3.8, 4) is 0 Å². The van der Waals surface area contributed by atoms with E-state index in [-0.39, 0.29) is 10.7 Å². The maximum Gasteiger partial charge on any atom is 0.350 e. The maximum absolute atomic E-state index is 11.5. The summed E-state index contributed by atoms with van der Waals surface area (Å²) >= 11 is 4.26. The largest absolute Gasteiger partial charge is 0.462 e. The lowest BCUT2D eigenvalue weighted by Crippen LogP contribution is -2.19. The Morgan fingerprint density at radius 3 is 2.76 bits per heavy atom. The van der Waals surface area contributed by atoms with Gasteiger partial charge in [-0.3, -0.25) is 4.79 Å². The van der Waals surface area contributed by atoms with Crippen LogP contribution in [0.4, 0.5) is 5.13 Å². The van der Waals surface area contributed by atoms with Crippen LogP contribution in [0.15, 0.2) is 0 Å². The highest BCUT2D eigenvalue weighted by Crippen LogP contribution is 2.23. The van der Waals surface area contributed by atoms with E-state index in [9.17, 15) is 9.59 Å². The normalized spacial score (nSPS) is 12.0. The summed E-state index contributed by atoms with van der Waals surface area (Å²) in [5.74, 6) is -0.607. The van der Waals surface area contributed by atoms with Crippen molar-refractivity contribution >= 4 is 44.3 Å². The zero-order valence-corrected chi connectivity index (χ0v) is 12.1. The number of carbonyl (C=O) groups excluding carboxylic acids is 2. The van der Waals surface area contributed by atoms with Gasteiger partial charge in [0.15, 0.2) is 5.13 Å². The van der Waals surface area contributed by atoms with Gasteiger partial charge >= 0.3 is 5.97 Å². The Kier molecular flexibility index (Phi) is 5.07. The molecule has 1 amide bonds. The quantitative estimate of drug-likeness (QED) is 0.683. The first-order valence-electron chi connectivity index (χ1n) is 5.05. The number of halogens is 1. The van der Waals surface area contributed by atoms with Crippen molar-refractivity contribution in [2.75, 3.05) is 11.9 Å². The van der Waals surface area contributed by atoms with Crippen molar-refractivity contribution in [1.82, 2.24) is 4.98 Å². The summed E-state index contributed by atoms with van der Waals surface area (Å²) in [6.07, 6.45) is 0. The molecule has 0 saturated heterocycles. The van der Waals surface area contributed by atoms with Gasteiger partial charge in [0.1, 0.15) is 4.88 Å². The van der Waals surface area contributed by atoms with Crippen LogP contribution in [0.25, 0.3) is 0 Å². The van der Waals surface area contributed by atoms with Gasteiger partial charge in [-0.25, -0.2) is 9.78 Å². The van der Waals surface area contributed by atoms with Gasteiger partial charge in [0.2, 0.25) is 5.91 Å². The Labute approximate surface area is 112 Å². The number of nitrogens with one attached hydrogen (secondary N) is 1. The van der Waals surface area contributed by atoms with E-state index in [0.29, 0.717) is 22.3 Å². The monoisotopic (exact) mass is 320 g/mol. The Morgan fingerprint density at radius 1 is 1.59 bits per heavy atom. The highest BCUT2D eigenvalue weighted by Gasteiger charge is 2.18. The average molecular weight is 321 g/mol. The SMILES string of the molecule is CCOC(=O)c1sc(NC(=O)[C@H](C)Br)nc1C. The van der Waals surface area contributed by atoms with Gasteiger partial charge in [-0.15, -0.1) is 0 Å². The first-order chi connectivity index (χ1) is 7.95. The number of nitrogens with zero attached hydrogens (tertiary/aromatic N) is 1. The fraction of sp³-hybridized carbons (Fsp3) is 0.500. The van der Waals surface area contributed by atoms with Gasteiger partial charge in [-0.05, 0) is 20.8 Å². The second-order valence-corrected chi connectivity index (χ2v) is 5.63. The number of esters is 1. The number of aryl methyl sites for hydroxylation is 1. The number of anilines is 1. The molecule has 0 aromatic carbocycles. The third-order valence-corrected chi connectivity index (χ3v) is 3.32. The lowest BCUT2D eigenvalue weighted by Gasteiger charge is -2.01. The van der Waals surface area contributed by atoms with Gasteiger partial charge in [0.25, 0.3) is 0 Å². The van der Waals surface area contributed by atoms with Crippen molar-refractivity contribution in [3.63, 3.8) is 0 Å². The predicted molar refractivity (Wildman–Crippen MR) is 69.8 cm³/mol. The summed E-state index contributed by atoms with van der Waals surface area (Å²) in [7, 11) is 0. The predicted octanol–water partition coefficient (Wildman–Crippen LogP) is 2.35. The van der Waals surface area contributed by atoms with Crippen molar-refractivity contribution in [3.05, 3.63) is 10.6 Å². The van der Waals surface area contributed by atoms with Crippen LogP contribution in [0.2, 0.25) is 0 Å². The summed E-state index contributed by atoms with van der Waals surface area (Å²) in [5.41, 5.74) is 0.561. The van der Waals surface area contributed by atoms with Crippen LogP contribution >= 0.6 is 27.3 Å². The second-order valence-electron chi connectivity index (χ2n) is 3.26. The van der Waals surface area contributed by atoms with E-state index in [1.807, 2.05) is 0 Å². The Bertz CT molecular complexity index is 431. The summed E-state index contributed by atoms with van der Waals surface area (Å²) < 4.78 is 4.88. The zero-order chi connectivity index (χ0) is 13.0. The molecule has 5 nitrogen and oxygen atoms in total. The molecule has 0 spiro atoms. The number of carbonyl (C=O) groups is 2. The lowest BCUT2D eigenvalue weighted by molar-refractivity contribution is -0.115. The number of hydrogen-bond acceptors (Lipinski definition) is 5. The molecule has 17 heavy (non-hydrogen) atoms. The average Bonchev–Trinajstić information content (AvgIpc) is 2.59. The highest BCUT2D eigenvalue weighted by atomic mass is 79.9. The fourth-order valence-corrected chi connectivity index (χ4v) is 2.02. The van der Waals surface area contributed by atoms with Crippen LogP contribution in [0.1, 0.15) is 29.2 Å². The molecule has 7 heteroatoms. The van der Waals surface area contributed by atoms with Crippen LogP contribution in [-0.2, 0) is 9.53 Å². The Morgan fingerprint density at radius 2 is 2.24 bits per heavy atom. The van der Waals surface area contributed by atoms with Crippen LogP contribution in [0.3, 0.4) is 0 Å². The summed E-state index contributed by atoms with van der Waals surface area (Å²) in [4.78, 5) is 27.2. The molecule has 1 heterocycles. The number of thiazole rings is 1. The highest BCUT2D eigenvalue weighted by molar-refractivity contribution is 9.10. The van der Waals surface area contributed by atoms with Gasteiger partial charge in [0, 0.05) is 0 Å². The molecule has 0 radical (unpaired) electrons. The zero-order valence-electron chi connectivity index (χ0n) is 9.74. The minimum Gasteiger partial charge on any atom is -0.462 e. The van der Waals surface area contributed by atoms with Gasteiger partial charge in [0.05, 0.1) is 17.1 Å². The molecule has 1 N–H and O–H groups in total. The fourth-order valence-electron chi connectivity index (χ4n) is 1.04. The van der Waals surface area contributed by atoms with Crippen molar-refractivity contribution < 1.29 is 14.3 Å². The molecule has 0 bridgehead atoms. The van der Waals surface area contributed by atoms with E-state index in [4.69, 9.17) is 4.74 Å². The molecule has 0 saturated carbocycles. The molecule has 0 aliphatic carbocycles. The third-order valence-electron chi connectivity index (χ3n) is 1.85. The number of ether oxygens (including phenoxy) is 1. The van der Waals surface area contributed by atoms with E-state index in [0.717, 1.165) is 11.3 Å². The molecule has 0 aliphatic heterocycles. The molecule has 94 valence electrons. The topological polar surface area (TPSA) is 68.3 Å².